The highest BCUT2D eigenvalue weighted by molar-refractivity contribution is 7.20. The first kappa shape index (κ1) is 42.6. The Labute approximate surface area is 419 Å². The summed E-state index contributed by atoms with van der Waals surface area (Å²) in [5.41, 5.74) is 11.0. The van der Waals surface area contributed by atoms with Crippen molar-refractivity contribution in [3.63, 3.8) is 0 Å². The Kier molecular flexibility index (Phi) is 10.7. The van der Waals surface area contributed by atoms with Crippen LogP contribution in [0.4, 0.5) is 34.1 Å². The third-order valence-electron chi connectivity index (χ3n) is 15.1. The number of hydrogen-bond acceptors (Lipinski definition) is 2. The molecular formula is C66H49BN2Si2. The highest BCUT2D eigenvalue weighted by Crippen LogP contribution is 2.43. The molecule has 2 nitrogen and oxygen atoms in total. The number of para-hydroxylation sites is 2. The Balaban J connectivity index is 1.03. The molecule has 0 amide bonds. The zero-order chi connectivity index (χ0) is 47.2. The van der Waals surface area contributed by atoms with E-state index in [0.29, 0.717) is 0 Å². The van der Waals surface area contributed by atoms with Gasteiger partial charge in [0.1, 0.15) is 0 Å². The molecule has 0 unspecified atom stereocenters. The molecule has 11 aromatic carbocycles. The zero-order valence-corrected chi connectivity index (χ0v) is 41.3. The van der Waals surface area contributed by atoms with E-state index in [9.17, 15) is 0 Å². The Morgan fingerprint density at radius 3 is 0.803 bits per heavy atom. The van der Waals surface area contributed by atoms with Crippen molar-refractivity contribution in [2.75, 3.05) is 9.80 Å². The number of rotatable bonds is 10. The van der Waals surface area contributed by atoms with Crippen LogP contribution in [0.1, 0.15) is 0 Å². The van der Waals surface area contributed by atoms with Crippen LogP contribution in [-0.4, -0.2) is 22.9 Å². The van der Waals surface area contributed by atoms with Gasteiger partial charge in [0.2, 0.25) is 0 Å². The van der Waals surface area contributed by atoms with E-state index in [4.69, 9.17) is 0 Å². The molecule has 2 aliphatic heterocycles. The predicted octanol–water partition coefficient (Wildman–Crippen LogP) is 8.52. The third-order valence-corrected chi connectivity index (χ3v) is 24.7. The molecule has 0 atom stereocenters. The summed E-state index contributed by atoms with van der Waals surface area (Å²) < 4.78 is 0. The van der Waals surface area contributed by atoms with Gasteiger partial charge in [-0.1, -0.05) is 249 Å². The van der Waals surface area contributed by atoms with Crippen LogP contribution in [0.25, 0.3) is 0 Å². The van der Waals surface area contributed by atoms with Crippen molar-refractivity contribution in [2.24, 2.45) is 0 Å². The molecule has 0 aromatic heterocycles. The van der Waals surface area contributed by atoms with Crippen LogP contribution in [0.15, 0.2) is 297 Å². The van der Waals surface area contributed by atoms with Crippen molar-refractivity contribution >= 4 is 115 Å². The molecule has 0 spiro atoms. The Bertz CT molecular complexity index is 3240. The van der Waals surface area contributed by atoms with E-state index in [2.05, 4.69) is 307 Å². The molecule has 334 valence electrons. The summed E-state index contributed by atoms with van der Waals surface area (Å²) in [4.78, 5) is 5.10. The molecule has 71 heavy (non-hydrogen) atoms. The second-order valence-electron chi connectivity index (χ2n) is 18.7. The second kappa shape index (κ2) is 17.8. The van der Waals surface area contributed by atoms with Gasteiger partial charge in [-0.2, -0.15) is 0 Å². The molecule has 0 aliphatic carbocycles. The first-order valence-corrected chi connectivity index (χ1v) is 28.7. The van der Waals surface area contributed by atoms with E-state index in [0.717, 1.165) is 11.4 Å². The van der Waals surface area contributed by atoms with Crippen molar-refractivity contribution in [3.8, 4) is 0 Å². The molecule has 5 heteroatoms. The average Bonchev–Trinajstić information content (AvgIpc) is 3.45. The van der Waals surface area contributed by atoms with Gasteiger partial charge in [0.15, 0.2) is 16.1 Å². The lowest BCUT2D eigenvalue weighted by Gasteiger charge is -2.44. The molecule has 0 bridgehead atoms. The fourth-order valence-electron chi connectivity index (χ4n) is 12.3. The second-order valence-corrected chi connectivity index (χ2v) is 26.3. The molecule has 2 aliphatic rings. The monoisotopic (exact) mass is 936 g/mol. The molecular weight excluding hydrogens is 888 g/mol. The van der Waals surface area contributed by atoms with Gasteiger partial charge in [-0.05, 0) is 106 Å². The van der Waals surface area contributed by atoms with Crippen molar-refractivity contribution < 1.29 is 0 Å². The van der Waals surface area contributed by atoms with Gasteiger partial charge in [-0.3, -0.25) is 0 Å². The Morgan fingerprint density at radius 2 is 0.479 bits per heavy atom. The van der Waals surface area contributed by atoms with Crippen molar-refractivity contribution in [2.45, 2.75) is 0 Å². The largest absolute Gasteiger partial charge is 0.311 e. The van der Waals surface area contributed by atoms with Gasteiger partial charge < -0.3 is 9.80 Å². The number of fused-ring (bicyclic) bond motifs is 4. The van der Waals surface area contributed by atoms with E-state index < -0.39 is 16.1 Å². The molecule has 2 heterocycles. The van der Waals surface area contributed by atoms with Crippen molar-refractivity contribution in [1.29, 1.82) is 0 Å². The lowest BCUT2D eigenvalue weighted by molar-refractivity contribution is 1.26. The average molecular weight is 937 g/mol. The normalized spacial score (nSPS) is 12.7. The van der Waals surface area contributed by atoms with Crippen LogP contribution < -0.4 is 67.7 Å². The smallest absolute Gasteiger partial charge is 0.252 e. The maximum atomic E-state index is 2.55. The zero-order valence-electron chi connectivity index (χ0n) is 39.3. The van der Waals surface area contributed by atoms with Gasteiger partial charge in [-0.25, -0.2) is 0 Å². The van der Waals surface area contributed by atoms with E-state index in [1.54, 1.807) is 0 Å². The van der Waals surface area contributed by atoms with Crippen LogP contribution in [0.2, 0.25) is 0 Å². The fraction of sp³-hybridized carbons (Fsp3) is 0. The summed E-state index contributed by atoms with van der Waals surface area (Å²) in [6.07, 6.45) is 0. The number of anilines is 6. The van der Waals surface area contributed by atoms with Gasteiger partial charge >= 0.3 is 0 Å². The highest BCUT2D eigenvalue weighted by Gasteiger charge is 2.46. The molecule has 13 rings (SSSR count). The van der Waals surface area contributed by atoms with Crippen LogP contribution >= 0.6 is 0 Å². The maximum Gasteiger partial charge on any atom is 0.252 e. The van der Waals surface area contributed by atoms with Crippen LogP contribution in [0.3, 0.4) is 0 Å². The number of nitrogens with zero attached hydrogens (tertiary/aromatic N) is 2. The summed E-state index contributed by atoms with van der Waals surface area (Å²) in [6, 6.07) is 112. The minimum atomic E-state index is -2.83. The van der Waals surface area contributed by atoms with Crippen molar-refractivity contribution in [1.82, 2.24) is 0 Å². The van der Waals surface area contributed by atoms with E-state index in [1.165, 1.54) is 80.6 Å². The molecule has 11 aromatic rings. The minimum absolute atomic E-state index is 0.0327. The number of hydrogen-bond donors (Lipinski definition) is 0. The van der Waals surface area contributed by atoms with Gasteiger partial charge in [0.05, 0.1) is 0 Å². The molecule has 0 saturated heterocycles. The summed E-state index contributed by atoms with van der Waals surface area (Å²) in [5, 5.41) is 10.8. The quantitative estimate of drug-likeness (QED) is 0.100. The fourth-order valence-corrected chi connectivity index (χ4v) is 21.9. The maximum absolute atomic E-state index is 2.83. The molecule has 0 radical (unpaired) electrons. The van der Waals surface area contributed by atoms with E-state index in [-0.39, 0.29) is 6.71 Å². The van der Waals surface area contributed by atoms with E-state index >= 15 is 0 Å². The number of benzene rings is 11. The predicted molar refractivity (Wildman–Crippen MR) is 308 cm³/mol. The lowest BCUT2D eigenvalue weighted by Crippen LogP contribution is -2.74. The molecule has 0 fully saturated rings. The molecule has 0 N–H and O–H groups in total. The Hall–Kier alpha value is -8.48. The van der Waals surface area contributed by atoms with Crippen LogP contribution in [0.5, 0.6) is 0 Å². The van der Waals surface area contributed by atoms with Gasteiger partial charge in [-0.15, -0.1) is 0 Å². The summed E-state index contributed by atoms with van der Waals surface area (Å²) in [5.74, 6) is 0. The van der Waals surface area contributed by atoms with E-state index in [1.807, 2.05) is 0 Å². The third kappa shape index (κ3) is 6.76. The van der Waals surface area contributed by atoms with Crippen LogP contribution in [-0.2, 0) is 0 Å². The lowest BCUT2D eigenvalue weighted by atomic mass is 9.33. The first-order chi connectivity index (χ1) is 35.3. The SMILES string of the molecule is c1ccc([Si](c2ccccc2)(c2ccccc2)c2cccc(N3c4ccccc4B4c5ccccc5N(c5cccc([Si](c6ccccc6)(c6ccccc6)c6ccccc6)c5)c5cccc3c54)c2)cc1. The highest BCUT2D eigenvalue weighted by atomic mass is 28.3. The van der Waals surface area contributed by atoms with Gasteiger partial charge in [0.25, 0.3) is 6.71 Å². The standard InChI is InChI=1S/C66H49BN2Si2/c1-7-28-52(29-8-1)70(53-30-9-2-10-31-53,54-32-11-3-12-33-54)58-40-23-26-50(48-58)68-62-44-21-19-42-60(62)67-61-43-20-22-45-63(61)69(65-47-25-46-64(68)66(65)67)51-27-24-41-59(49-51)71(55-34-13-4-14-35-55,56-36-15-5-16-37-56)57-38-17-6-18-39-57/h1-49H. The summed E-state index contributed by atoms with van der Waals surface area (Å²) in [6.45, 7) is 0.0327. The summed E-state index contributed by atoms with van der Waals surface area (Å²) in [7, 11) is -5.65. The van der Waals surface area contributed by atoms with Crippen LogP contribution in [0, 0.1) is 0 Å². The summed E-state index contributed by atoms with van der Waals surface area (Å²) >= 11 is 0. The van der Waals surface area contributed by atoms with Crippen molar-refractivity contribution in [3.05, 3.63) is 297 Å². The molecule has 0 saturated carbocycles. The first-order valence-electron chi connectivity index (χ1n) is 24.7. The Morgan fingerprint density at radius 1 is 0.225 bits per heavy atom. The minimum Gasteiger partial charge on any atom is -0.311 e. The topological polar surface area (TPSA) is 6.48 Å². The van der Waals surface area contributed by atoms with Gasteiger partial charge in [0, 0.05) is 34.1 Å².